The molecule has 1 heterocycles. The number of hydrogen-bond donors (Lipinski definition) is 4. The van der Waals surface area contributed by atoms with Crippen LogP contribution in [0.4, 0.5) is 0 Å². The summed E-state index contributed by atoms with van der Waals surface area (Å²) in [4.78, 5) is 24.1. The van der Waals surface area contributed by atoms with Crippen LogP contribution in [-0.2, 0) is 38.7 Å². The van der Waals surface area contributed by atoms with E-state index in [0.29, 0.717) is 12.8 Å². The fourth-order valence-electron chi connectivity index (χ4n) is 3.41. The number of esters is 2. The molecule has 6 atom stereocenters. The zero-order chi connectivity index (χ0) is 26.4. The summed E-state index contributed by atoms with van der Waals surface area (Å²) in [6.45, 7) is 3.28. The van der Waals surface area contributed by atoms with Crippen LogP contribution in [0.15, 0.2) is 0 Å². The molecule has 206 valence electrons. The molecular formula is C22H40O12S. The summed E-state index contributed by atoms with van der Waals surface area (Å²) in [5.41, 5.74) is 0. The highest BCUT2D eigenvalue weighted by Gasteiger charge is 2.46. The van der Waals surface area contributed by atoms with E-state index in [2.05, 4.69) is 6.92 Å². The fourth-order valence-corrected chi connectivity index (χ4v) is 4.11. The third kappa shape index (κ3) is 13.0. The minimum atomic E-state index is -4.57. The number of carbonyl (C=O) groups is 2. The van der Waals surface area contributed by atoms with Gasteiger partial charge in [-0.25, -0.2) is 0 Å². The van der Waals surface area contributed by atoms with Gasteiger partial charge in [-0.2, -0.15) is 8.42 Å². The molecule has 0 bridgehead atoms. The van der Waals surface area contributed by atoms with E-state index in [1.165, 1.54) is 0 Å². The van der Waals surface area contributed by atoms with E-state index in [1.54, 1.807) is 0 Å². The van der Waals surface area contributed by atoms with Crippen molar-refractivity contribution in [1.29, 1.82) is 0 Å². The van der Waals surface area contributed by atoms with Crippen LogP contribution >= 0.6 is 0 Å². The van der Waals surface area contributed by atoms with E-state index in [4.69, 9.17) is 23.5 Å². The van der Waals surface area contributed by atoms with Crippen LogP contribution in [0.25, 0.3) is 0 Å². The molecule has 13 heteroatoms. The summed E-state index contributed by atoms with van der Waals surface area (Å²) in [5, 5.41) is 30.1. The van der Waals surface area contributed by atoms with E-state index < -0.39 is 71.2 Å². The summed E-state index contributed by atoms with van der Waals surface area (Å²) >= 11 is 0. The second kappa shape index (κ2) is 16.4. The lowest BCUT2D eigenvalue weighted by Crippen LogP contribution is -2.60. The highest BCUT2D eigenvalue weighted by Crippen LogP contribution is 2.23. The molecular weight excluding hydrogens is 488 g/mol. The lowest BCUT2D eigenvalue weighted by Gasteiger charge is -2.40. The lowest BCUT2D eigenvalue weighted by atomic mass is 10.00. The van der Waals surface area contributed by atoms with Crippen molar-refractivity contribution >= 4 is 22.1 Å². The standard InChI is InChI=1S/C22H40O12S/c1-3-5-7-8-9-11-18(24)33-15(12-31-17(23)10-6-4-2)13-32-22-21(27)20(26)19(25)16(34-22)14-35(28,29)30/h15-16,19-22,25-27H,3-14H2,1-2H3,(H,28,29,30)/t15-,16-,19-,20+,21-,22-/m1/s1. The molecule has 0 unspecified atom stereocenters. The van der Waals surface area contributed by atoms with Crippen LogP contribution in [0.3, 0.4) is 0 Å². The van der Waals surface area contributed by atoms with Crippen molar-refractivity contribution in [2.45, 2.75) is 108 Å². The summed E-state index contributed by atoms with van der Waals surface area (Å²) in [6, 6.07) is 0. The Bertz CT molecular complexity index is 728. The SMILES string of the molecule is CCCCCCCC(=O)O[C@H](COC(=O)CCCC)CO[C@@H]1O[C@H](CS(=O)(=O)O)[C@@H](O)[C@H](O)[C@H]1O. The van der Waals surface area contributed by atoms with Gasteiger partial charge >= 0.3 is 11.9 Å². The molecule has 0 amide bonds. The number of unbranched alkanes of at least 4 members (excludes halogenated alkanes) is 5. The Morgan fingerprint density at radius 3 is 2.11 bits per heavy atom. The molecule has 1 aliphatic heterocycles. The van der Waals surface area contributed by atoms with Crippen LogP contribution < -0.4 is 0 Å². The predicted molar refractivity (Wildman–Crippen MR) is 123 cm³/mol. The molecule has 0 saturated carbocycles. The highest BCUT2D eigenvalue weighted by atomic mass is 32.2. The van der Waals surface area contributed by atoms with Gasteiger partial charge in [0.2, 0.25) is 0 Å². The van der Waals surface area contributed by atoms with Crippen molar-refractivity contribution < 1.29 is 56.8 Å². The Hall–Kier alpha value is -1.35. The van der Waals surface area contributed by atoms with Crippen LogP contribution in [0.2, 0.25) is 0 Å². The number of aliphatic hydroxyl groups is 3. The number of ether oxygens (including phenoxy) is 4. The van der Waals surface area contributed by atoms with E-state index in [1.807, 2.05) is 6.92 Å². The van der Waals surface area contributed by atoms with Gasteiger partial charge in [0.15, 0.2) is 12.4 Å². The van der Waals surface area contributed by atoms with Crippen LogP contribution in [0, 0.1) is 0 Å². The Morgan fingerprint density at radius 2 is 1.49 bits per heavy atom. The van der Waals surface area contributed by atoms with Crippen LogP contribution in [-0.4, -0.2) is 96.0 Å². The molecule has 0 aromatic heterocycles. The van der Waals surface area contributed by atoms with Crippen LogP contribution in [0.1, 0.15) is 71.6 Å². The Labute approximate surface area is 206 Å². The minimum absolute atomic E-state index is 0.161. The van der Waals surface area contributed by atoms with Crippen molar-refractivity contribution in [3.8, 4) is 0 Å². The normalized spacial score (nSPS) is 25.7. The second-order valence-corrected chi connectivity index (χ2v) is 10.2. The van der Waals surface area contributed by atoms with Crippen molar-refractivity contribution in [3.05, 3.63) is 0 Å². The number of carbonyl (C=O) groups excluding carboxylic acids is 2. The largest absolute Gasteiger partial charge is 0.462 e. The summed E-state index contributed by atoms with van der Waals surface area (Å²) in [5.74, 6) is -2.04. The molecule has 1 fully saturated rings. The molecule has 1 rings (SSSR count). The fraction of sp³-hybridized carbons (Fsp3) is 0.909. The molecule has 0 aliphatic carbocycles. The quantitative estimate of drug-likeness (QED) is 0.118. The van der Waals surface area contributed by atoms with Gasteiger partial charge in [-0.15, -0.1) is 0 Å². The van der Waals surface area contributed by atoms with E-state index in [0.717, 1.165) is 32.1 Å². The number of aliphatic hydroxyl groups excluding tert-OH is 3. The van der Waals surface area contributed by atoms with Gasteiger partial charge in [-0.3, -0.25) is 14.1 Å². The average Bonchev–Trinajstić information content (AvgIpc) is 2.79. The second-order valence-electron chi connectivity index (χ2n) is 8.66. The zero-order valence-electron chi connectivity index (χ0n) is 20.4. The third-order valence-electron chi connectivity index (χ3n) is 5.44. The van der Waals surface area contributed by atoms with Gasteiger partial charge in [0.1, 0.15) is 36.8 Å². The van der Waals surface area contributed by atoms with Gasteiger partial charge in [0, 0.05) is 12.8 Å². The van der Waals surface area contributed by atoms with E-state index >= 15 is 0 Å². The molecule has 35 heavy (non-hydrogen) atoms. The van der Waals surface area contributed by atoms with E-state index in [9.17, 15) is 33.3 Å². The zero-order valence-corrected chi connectivity index (χ0v) is 21.2. The maximum Gasteiger partial charge on any atom is 0.306 e. The van der Waals surface area contributed by atoms with Gasteiger partial charge in [0.25, 0.3) is 10.1 Å². The minimum Gasteiger partial charge on any atom is -0.462 e. The van der Waals surface area contributed by atoms with Crippen molar-refractivity contribution in [2.75, 3.05) is 19.0 Å². The molecule has 0 spiro atoms. The molecule has 0 aromatic carbocycles. The smallest absolute Gasteiger partial charge is 0.306 e. The monoisotopic (exact) mass is 528 g/mol. The Morgan fingerprint density at radius 1 is 0.857 bits per heavy atom. The van der Waals surface area contributed by atoms with Crippen molar-refractivity contribution in [2.24, 2.45) is 0 Å². The molecule has 0 radical (unpaired) electrons. The van der Waals surface area contributed by atoms with Crippen molar-refractivity contribution in [1.82, 2.24) is 0 Å². The first-order valence-corrected chi connectivity index (χ1v) is 13.7. The third-order valence-corrected chi connectivity index (χ3v) is 6.19. The van der Waals surface area contributed by atoms with E-state index in [-0.39, 0.29) is 19.4 Å². The molecule has 1 saturated heterocycles. The number of hydrogen-bond acceptors (Lipinski definition) is 11. The predicted octanol–water partition coefficient (Wildman–Crippen LogP) is 0.704. The molecule has 0 aromatic rings. The van der Waals surface area contributed by atoms with Crippen molar-refractivity contribution in [3.63, 3.8) is 0 Å². The maximum atomic E-state index is 12.3. The summed E-state index contributed by atoms with van der Waals surface area (Å²) < 4.78 is 52.5. The molecule has 1 aliphatic rings. The summed E-state index contributed by atoms with van der Waals surface area (Å²) in [6.07, 6.45) is -3.19. The first-order valence-electron chi connectivity index (χ1n) is 12.1. The van der Waals surface area contributed by atoms with Gasteiger partial charge in [-0.05, 0) is 12.8 Å². The van der Waals surface area contributed by atoms with Gasteiger partial charge in [0.05, 0.1) is 6.61 Å². The molecule has 4 N–H and O–H groups in total. The lowest BCUT2D eigenvalue weighted by molar-refractivity contribution is -0.297. The Balaban J connectivity index is 2.73. The van der Waals surface area contributed by atoms with Crippen LogP contribution in [0.5, 0.6) is 0 Å². The highest BCUT2D eigenvalue weighted by molar-refractivity contribution is 7.85. The Kier molecular flexibility index (Phi) is 14.8. The van der Waals surface area contributed by atoms with Gasteiger partial charge < -0.3 is 34.3 Å². The first kappa shape index (κ1) is 31.7. The molecule has 12 nitrogen and oxygen atoms in total. The average molecular weight is 529 g/mol. The number of rotatable bonds is 17. The summed E-state index contributed by atoms with van der Waals surface area (Å²) in [7, 11) is -4.57. The van der Waals surface area contributed by atoms with Gasteiger partial charge in [-0.1, -0.05) is 46.0 Å². The topological polar surface area (TPSA) is 186 Å². The first-order chi connectivity index (χ1) is 16.5. The maximum absolute atomic E-state index is 12.3.